The van der Waals surface area contributed by atoms with Crippen molar-refractivity contribution in [1.29, 1.82) is 0 Å². The number of thiophene rings is 1. The van der Waals surface area contributed by atoms with Crippen molar-refractivity contribution in [3.8, 4) is 0 Å². The molecular formula is C13H19N3O2S. The Balaban J connectivity index is 2.06. The van der Waals surface area contributed by atoms with E-state index in [0.29, 0.717) is 19.5 Å². The Labute approximate surface area is 117 Å². The van der Waals surface area contributed by atoms with Crippen LogP contribution in [0.3, 0.4) is 0 Å². The molecule has 1 aromatic heterocycles. The second-order valence-electron chi connectivity index (χ2n) is 4.80. The van der Waals surface area contributed by atoms with Crippen LogP contribution in [0.1, 0.15) is 4.88 Å². The average molecular weight is 281 g/mol. The van der Waals surface area contributed by atoms with Gasteiger partial charge in [-0.3, -0.25) is 9.59 Å². The number of nitrogens with one attached hydrogen (secondary N) is 1. The number of rotatable bonds is 3. The highest BCUT2D eigenvalue weighted by molar-refractivity contribution is 7.10. The van der Waals surface area contributed by atoms with Crippen LogP contribution in [-0.4, -0.2) is 61.4 Å². The van der Waals surface area contributed by atoms with E-state index < -0.39 is 0 Å². The third-order valence-corrected chi connectivity index (χ3v) is 4.07. The minimum atomic E-state index is -0.379. The predicted octanol–water partition coefficient (Wildman–Crippen LogP) is 0.179. The van der Waals surface area contributed by atoms with Crippen molar-refractivity contribution >= 4 is 23.2 Å². The van der Waals surface area contributed by atoms with Crippen LogP contribution in [0.4, 0.5) is 0 Å². The number of carbonyl (C=O) groups is 2. The summed E-state index contributed by atoms with van der Waals surface area (Å²) in [5.74, 6) is 0.0101. The number of likely N-dealkylation sites (N-methyl/N-ethyl adjacent to an activating group) is 1. The van der Waals surface area contributed by atoms with Gasteiger partial charge < -0.3 is 15.1 Å². The molecule has 0 aromatic carbocycles. The Morgan fingerprint density at radius 1 is 1.53 bits per heavy atom. The molecule has 1 aliphatic rings. The fourth-order valence-corrected chi connectivity index (χ4v) is 2.88. The van der Waals surface area contributed by atoms with E-state index >= 15 is 0 Å². The van der Waals surface area contributed by atoms with Gasteiger partial charge in [-0.1, -0.05) is 6.07 Å². The zero-order valence-electron chi connectivity index (χ0n) is 11.3. The molecule has 1 atom stereocenters. The first-order valence-corrected chi connectivity index (χ1v) is 7.21. The maximum Gasteiger partial charge on any atom is 0.246 e. The van der Waals surface area contributed by atoms with Gasteiger partial charge in [0.25, 0.3) is 0 Å². The Hall–Kier alpha value is -1.40. The first-order valence-electron chi connectivity index (χ1n) is 6.33. The molecule has 104 valence electrons. The molecule has 1 fully saturated rings. The fraction of sp³-hybridized carbons (Fsp3) is 0.538. The van der Waals surface area contributed by atoms with E-state index in [9.17, 15) is 9.59 Å². The molecule has 1 N–H and O–H groups in total. The number of nitrogens with zero attached hydrogens (tertiary/aromatic N) is 2. The number of amides is 2. The van der Waals surface area contributed by atoms with Crippen molar-refractivity contribution in [3.05, 3.63) is 22.4 Å². The first kappa shape index (κ1) is 14.0. The second kappa shape index (κ2) is 6.16. The van der Waals surface area contributed by atoms with E-state index in [1.165, 1.54) is 0 Å². The van der Waals surface area contributed by atoms with Crippen molar-refractivity contribution in [3.63, 3.8) is 0 Å². The van der Waals surface area contributed by atoms with Crippen molar-refractivity contribution in [2.24, 2.45) is 0 Å². The molecule has 5 nitrogen and oxygen atoms in total. The Morgan fingerprint density at radius 2 is 2.32 bits per heavy atom. The van der Waals surface area contributed by atoms with Gasteiger partial charge in [0.05, 0.1) is 6.42 Å². The molecule has 2 heterocycles. The molecule has 2 amide bonds. The summed E-state index contributed by atoms with van der Waals surface area (Å²) in [7, 11) is 3.44. The van der Waals surface area contributed by atoms with Crippen LogP contribution >= 0.6 is 11.3 Å². The Kier molecular flexibility index (Phi) is 4.55. The van der Waals surface area contributed by atoms with Gasteiger partial charge in [0.15, 0.2) is 0 Å². The summed E-state index contributed by atoms with van der Waals surface area (Å²) in [6, 6.07) is 3.51. The van der Waals surface area contributed by atoms with Crippen molar-refractivity contribution in [2.45, 2.75) is 12.5 Å². The largest absolute Gasteiger partial charge is 0.347 e. The van der Waals surface area contributed by atoms with Crippen LogP contribution < -0.4 is 5.32 Å². The van der Waals surface area contributed by atoms with Crippen molar-refractivity contribution in [2.75, 3.05) is 33.7 Å². The molecule has 1 unspecified atom stereocenters. The van der Waals surface area contributed by atoms with Gasteiger partial charge in [-0.25, -0.2) is 0 Å². The summed E-state index contributed by atoms with van der Waals surface area (Å²) in [5.41, 5.74) is 0. The summed E-state index contributed by atoms with van der Waals surface area (Å²) in [6.45, 7) is 1.87. The molecule has 0 bridgehead atoms. The van der Waals surface area contributed by atoms with E-state index in [-0.39, 0.29) is 17.9 Å². The lowest BCUT2D eigenvalue weighted by atomic mass is 10.1. The number of piperazine rings is 1. The minimum Gasteiger partial charge on any atom is -0.347 e. The highest BCUT2D eigenvalue weighted by Gasteiger charge is 2.32. The zero-order valence-corrected chi connectivity index (χ0v) is 12.1. The van der Waals surface area contributed by atoms with E-state index in [2.05, 4.69) is 5.32 Å². The molecule has 1 aliphatic heterocycles. The SMILES string of the molecule is CN(C)C(=O)C1CNCCN1C(=O)Cc1cccs1. The fourth-order valence-electron chi connectivity index (χ4n) is 2.19. The van der Waals surface area contributed by atoms with Gasteiger partial charge in [-0.2, -0.15) is 0 Å². The highest BCUT2D eigenvalue weighted by atomic mass is 32.1. The molecule has 6 heteroatoms. The quantitative estimate of drug-likeness (QED) is 0.860. The van der Waals surface area contributed by atoms with Crippen LogP contribution in [0.2, 0.25) is 0 Å². The lowest BCUT2D eigenvalue weighted by molar-refractivity contribution is -0.145. The van der Waals surface area contributed by atoms with Crippen LogP contribution in [-0.2, 0) is 16.0 Å². The monoisotopic (exact) mass is 281 g/mol. The zero-order chi connectivity index (χ0) is 13.8. The van der Waals surface area contributed by atoms with Gasteiger partial charge in [0, 0.05) is 38.6 Å². The topological polar surface area (TPSA) is 52.7 Å². The molecule has 1 saturated heterocycles. The average Bonchev–Trinajstić information content (AvgIpc) is 2.90. The van der Waals surface area contributed by atoms with E-state index in [1.807, 2.05) is 17.5 Å². The van der Waals surface area contributed by atoms with E-state index in [0.717, 1.165) is 11.4 Å². The predicted molar refractivity (Wildman–Crippen MR) is 75.1 cm³/mol. The van der Waals surface area contributed by atoms with Gasteiger partial charge in [-0.05, 0) is 11.4 Å². The summed E-state index contributed by atoms with van der Waals surface area (Å²) in [4.78, 5) is 28.7. The maximum absolute atomic E-state index is 12.3. The van der Waals surface area contributed by atoms with Gasteiger partial charge in [0.1, 0.15) is 6.04 Å². The molecule has 0 radical (unpaired) electrons. The Bertz CT molecular complexity index is 445. The Morgan fingerprint density at radius 3 is 2.95 bits per heavy atom. The van der Waals surface area contributed by atoms with E-state index in [4.69, 9.17) is 0 Å². The second-order valence-corrected chi connectivity index (χ2v) is 5.83. The lowest BCUT2D eigenvalue weighted by Gasteiger charge is -2.36. The van der Waals surface area contributed by atoms with Crippen LogP contribution in [0.5, 0.6) is 0 Å². The van der Waals surface area contributed by atoms with Crippen molar-refractivity contribution in [1.82, 2.24) is 15.1 Å². The molecular weight excluding hydrogens is 262 g/mol. The molecule has 2 rings (SSSR count). The van der Waals surface area contributed by atoms with E-state index in [1.54, 1.807) is 35.2 Å². The van der Waals surface area contributed by atoms with Crippen LogP contribution in [0.15, 0.2) is 17.5 Å². The molecule has 0 aliphatic carbocycles. The van der Waals surface area contributed by atoms with Crippen LogP contribution in [0, 0.1) is 0 Å². The first-order chi connectivity index (χ1) is 9.09. The van der Waals surface area contributed by atoms with Gasteiger partial charge in [-0.15, -0.1) is 11.3 Å². The number of hydrogen-bond acceptors (Lipinski definition) is 4. The molecule has 19 heavy (non-hydrogen) atoms. The summed E-state index contributed by atoms with van der Waals surface area (Å²) < 4.78 is 0. The van der Waals surface area contributed by atoms with Crippen LogP contribution in [0.25, 0.3) is 0 Å². The highest BCUT2D eigenvalue weighted by Crippen LogP contribution is 2.13. The number of hydrogen-bond donors (Lipinski definition) is 1. The number of carbonyl (C=O) groups excluding carboxylic acids is 2. The minimum absolute atomic E-state index is 0.0215. The summed E-state index contributed by atoms with van der Waals surface area (Å²) in [5, 5.41) is 5.14. The van der Waals surface area contributed by atoms with Crippen molar-refractivity contribution < 1.29 is 9.59 Å². The summed E-state index contributed by atoms with van der Waals surface area (Å²) >= 11 is 1.57. The smallest absolute Gasteiger partial charge is 0.246 e. The maximum atomic E-state index is 12.3. The molecule has 0 spiro atoms. The third kappa shape index (κ3) is 3.33. The normalized spacial score (nSPS) is 19.3. The molecule has 1 aromatic rings. The third-order valence-electron chi connectivity index (χ3n) is 3.20. The summed E-state index contributed by atoms with van der Waals surface area (Å²) in [6.07, 6.45) is 0.384. The standard InChI is InChI=1S/C13H19N3O2S/c1-15(2)13(18)11-9-14-5-6-16(11)12(17)8-10-4-3-7-19-10/h3-4,7,11,14H,5-6,8-9H2,1-2H3. The van der Waals surface area contributed by atoms with Gasteiger partial charge >= 0.3 is 0 Å². The lowest BCUT2D eigenvalue weighted by Crippen LogP contribution is -2.59. The van der Waals surface area contributed by atoms with Gasteiger partial charge in [0.2, 0.25) is 11.8 Å². The molecule has 0 saturated carbocycles.